The van der Waals surface area contributed by atoms with E-state index in [0.29, 0.717) is 9.35 Å². The highest BCUT2D eigenvalue weighted by Crippen LogP contribution is 2.30. The first-order valence-electron chi connectivity index (χ1n) is 4.54. The van der Waals surface area contributed by atoms with Crippen LogP contribution in [0.5, 0.6) is 0 Å². The van der Waals surface area contributed by atoms with Crippen LogP contribution in [0.25, 0.3) is 0 Å². The Morgan fingerprint density at radius 3 is 2.50 bits per heavy atom. The number of aliphatic hydroxyl groups is 1. The predicted molar refractivity (Wildman–Crippen MR) is 64.0 cm³/mol. The second-order valence-corrected chi connectivity index (χ2v) is 7.80. The molecule has 0 aromatic carbocycles. The van der Waals surface area contributed by atoms with Gasteiger partial charge in [0.1, 0.15) is 4.21 Å². The molecule has 0 aliphatic rings. The summed E-state index contributed by atoms with van der Waals surface area (Å²) in [6.45, 7) is 0.546. The van der Waals surface area contributed by atoms with Crippen molar-refractivity contribution in [3.63, 3.8) is 0 Å². The van der Waals surface area contributed by atoms with Gasteiger partial charge in [-0.3, -0.25) is 0 Å². The Bertz CT molecular complexity index is 507. The van der Waals surface area contributed by atoms with Gasteiger partial charge in [-0.25, -0.2) is 13.1 Å². The number of alkyl halides is 3. The van der Waals surface area contributed by atoms with E-state index < -0.39 is 28.8 Å². The van der Waals surface area contributed by atoms with E-state index in [-0.39, 0.29) is 4.21 Å². The second kappa shape index (κ2) is 5.45. The lowest BCUT2D eigenvalue weighted by molar-refractivity contribution is -0.200. The first-order valence-corrected chi connectivity index (χ1v) is 7.63. The van der Waals surface area contributed by atoms with Crippen LogP contribution in [-0.2, 0) is 10.0 Å². The second-order valence-electron chi connectivity index (χ2n) is 3.43. The highest BCUT2D eigenvalue weighted by Gasteiger charge is 2.38. The maximum absolute atomic E-state index is 12.0. The summed E-state index contributed by atoms with van der Waals surface area (Å²) in [6.07, 6.45) is -7.58. The lowest BCUT2D eigenvalue weighted by Gasteiger charge is -2.14. The lowest BCUT2D eigenvalue weighted by Crippen LogP contribution is -2.40. The van der Waals surface area contributed by atoms with Gasteiger partial charge in [0.05, 0.1) is 3.79 Å². The molecule has 0 aliphatic heterocycles. The maximum atomic E-state index is 12.0. The summed E-state index contributed by atoms with van der Waals surface area (Å²) in [5, 5.41) is 8.70. The minimum Gasteiger partial charge on any atom is -0.382 e. The Balaban J connectivity index is 2.78. The Morgan fingerprint density at radius 1 is 1.56 bits per heavy atom. The van der Waals surface area contributed by atoms with Crippen molar-refractivity contribution in [1.29, 1.82) is 0 Å². The van der Waals surface area contributed by atoms with E-state index >= 15 is 0 Å². The molecule has 1 atom stereocenters. The molecule has 0 amide bonds. The number of aliphatic hydroxyl groups excluding tert-OH is 1. The van der Waals surface area contributed by atoms with Crippen molar-refractivity contribution in [2.45, 2.75) is 23.4 Å². The van der Waals surface area contributed by atoms with E-state index in [0.717, 1.165) is 11.3 Å². The van der Waals surface area contributed by atoms with Gasteiger partial charge in [-0.1, -0.05) is 0 Å². The molecule has 2 N–H and O–H groups in total. The summed E-state index contributed by atoms with van der Waals surface area (Å²) >= 11 is 4.00. The van der Waals surface area contributed by atoms with Crippen LogP contribution >= 0.6 is 27.3 Å². The standard InChI is InChI=1S/C8H9BrF3NO3S2/c1-4-2-6(17-7(4)9)18(15,16)13-3-5(14)8(10,11)12/h2,5,13-14H,3H2,1H3. The molecular formula is C8H9BrF3NO3S2. The van der Waals surface area contributed by atoms with Gasteiger partial charge in [0, 0.05) is 6.54 Å². The normalized spacial score (nSPS) is 14.8. The van der Waals surface area contributed by atoms with E-state index in [1.807, 2.05) is 0 Å². The third kappa shape index (κ3) is 3.92. The number of halogens is 4. The molecule has 104 valence electrons. The number of sulfonamides is 1. The summed E-state index contributed by atoms with van der Waals surface area (Å²) in [7, 11) is -4.04. The first-order chi connectivity index (χ1) is 8.04. The van der Waals surface area contributed by atoms with Crippen LogP contribution in [0.2, 0.25) is 0 Å². The van der Waals surface area contributed by atoms with E-state index in [1.165, 1.54) is 6.07 Å². The van der Waals surface area contributed by atoms with Crippen LogP contribution in [0.15, 0.2) is 14.1 Å². The molecule has 0 bridgehead atoms. The van der Waals surface area contributed by atoms with E-state index in [4.69, 9.17) is 5.11 Å². The summed E-state index contributed by atoms with van der Waals surface area (Å²) in [5.41, 5.74) is 0.664. The van der Waals surface area contributed by atoms with Crippen LogP contribution in [0.1, 0.15) is 5.56 Å². The quantitative estimate of drug-likeness (QED) is 0.855. The zero-order chi connectivity index (χ0) is 14.1. The van der Waals surface area contributed by atoms with Crippen molar-refractivity contribution in [3.05, 3.63) is 15.4 Å². The summed E-state index contributed by atoms with van der Waals surface area (Å²) in [6, 6.07) is 1.33. The Labute approximate surface area is 114 Å². The van der Waals surface area contributed by atoms with Gasteiger partial charge in [0.25, 0.3) is 0 Å². The van der Waals surface area contributed by atoms with Crippen molar-refractivity contribution in [1.82, 2.24) is 4.72 Å². The highest BCUT2D eigenvalue weighted by atomic mass is 79.9. The fourth-order valence-electron chi connectivity index (χ4n) is 0.940. The zero-order valence-electron chi connectivity index (χ0n) is 8.95. The third-order valence-electron chi connectivity index (χ3n) is 1.94. The van der Waals surface area contributed by atoms with E-state index in [2.05, 4.69) is 15.9 Å². The molecule has 0 saturated carbocycles. The fraction of sp³-hybridized carbons (Fsp3) is 0.500. The summed E-state index contributed by atoms with van der Waals surface area (Å²) < 4.78 is 61.5. The van der Waals surface area contributed by atoms with Crippen molar-refractivity contribution in [3.8, 4) is 0 Å². The van der Waals surface area contributed by atoms with Gasteiger partial charge in [-0.15, -0.1) is 11.3 Å². The number of thiophene rings is 1. The molecule has 1 rings (SSSR count). The molecule has 0 spiro atoms. The Morgan fingerprint density at radius 2 is 2.11 bits per heavy atom. The lowest BCUT2D eigenvalue weighted by atomic mass is 10.4. The molecule has 18 heavy (non-hydrogen) atoms. The van der Waals surface area contributed by atoms with Crippen LogP contribution in [0.4, 0.5) is 13.2 Å². The van der Waals surface area contributed by atoms with E-state index in [9.17, 15) is 21.6 Å². The number of rotatable bonds is 4. The summed E-state index contributed by atoms with van der Waals surface area (Å²) in [4.78, 5) is 0. The van der Waals surface area contributed by atoms with Crippen LogP contribution in [-0.4, -0.2) is 32.3 Å². The summed E-state index contributed by atoms with van der Waals surface area (Å²) in [5.74, 6) is 0. The number of aryl methyl sites for hydroxylation is 1. The van der Waals surface area contributed by atoms with Crippen molar-refractivity contribution in [2.75, 3.05) is 6.54 Å². The fourth-order valence-corrected chi connectivity index (χ4v) is 4.25. The van der Waals surface area contributed by atoms with Gasteiger partial charge in [-0.2, -0.15) is 13.2 Å². The number of nitrogens with one attached hydrogen (secondary N) is 1. The van der Waals surface area contributed by atoms with Gasteiger partial charge in [0.2, 0.25) is 10.0 Å². The Hall–Kier alpha value is -0.160. The predicted octanol–water partition coefficient (Wildman–Crippen LogP) is 2.02. The molecule has 0 fully saturated rings. The number of hydrogen-bond donors (Lipinski definition) is 2. The zero-order valence-corrected chi connectivity index (χ0v) is 12.2. The first kappa shape index (κ1) is 15.9. The minimum absolute atomic E-state index is 0.110. The molecule has 1 unspecified atom stereocenters. The largest absolute Gasteiger partial charge is 0.415 e. The van der Waals surface area contributed by atoms with Gasteiger partial charge >= 0.3 is 6.18 Å². The molecule has 1 aromatic rings. The molecule has 1 heterocycles. The number of hydrogen-bond acceptors (Lipinski definition) is 4. The van der Waals surface area contributed by atoms with Crippen LogP contribution < -0.4 is 4.72 Å². The van der Waals surface area contributed by atoms with Crippen molar-refractivity contribution < 1.29 is 26.7 Å². The molecule has 10 heteroatoms. The van der Waals surface area contributed by atoms with Crippen LogP contribution in [0, 0.1) is 6.92 Å². The van der Waals surface area contributed by atoms with Gasteiger partial charge in [0.15, 0.2) is 6.10 Å². The minimum atomic E-state index is -4.85. The SMILES string of the molecule is Cc1cc(S(=O)(=O)NCC(O)C(F)(F)F)sc1Br. The van der Waals surface area contributed by atoms with E-state index in [1.54, 1.807) is 11.6 Å². The molecule has 1 aromatic heterocycles. The monoisotopic (exact) mass is 367 g/mol. The Kier molecular flexibility index (Phi) is 4.81. The molecule has 0 radical (unpaired) electrons. The average molecular weight is 368 g/mol. The third-order valence-corrected chi connectivity index (χ3v) is 5.98. The topological polar surface area (TPSA) is 66.4 Å². The van der Waals surface area contributed by atoms with Gasteiger partial charge in [-0.05, 0) is 34.5 Å². The molecule has 0 saturated heterocycles. The average Bonchev–Trinajstić information content (AvgIpc) is 2.55. The van der Waals surface area contributed by atoms with Crippen LogP contribution in [0.3, 0.4) is 0 Å². The molecule has 0 aliphatic carbocycles. The molecular weight excluding hydrogens is 359 g/mol. The van der Waals surface area contributed by atoms with Gasteiger partial charge < -0.3 is 5.11 Å². The van der Waals surface area contributed by atoms with Crippen molar-refractivity contribution in [2.24, 2.45) is 0 Å². The highest BCUT2D eigenvalue weighted by molar-refractivity contribution is 9.11. The molecule has 4 nitrogen and oxygen atoms in total. The smallest absolute Gasteiger partial charge is 0.382 e. The van der Waals surface area contributed by atoms with Crippen molar-refractivity contribution >= 4 is 37.3 Å². The maximum Gasteiger partial charge on any atom is 0.415 e.